The van der Waals surface area contributed by atoms with E-state index in [1.54, 1.807) is 0 Å². The molecule has 164 valence electrons. The molecule has 1 saturated carbocycles. The fraction of sp³-hybridized carbons (Fsp3) is 0.429. The van der Waals surface area contributed by atoms with Crippen molar-refractivity contribution >= 4 is 11.8 Å². The van der Waals surface area contributed by atoms with Gasteiger partial charge in [0.15, 0.2) is 0 Å². The van der Waals surface area contributed by atoms with Crippen molar-refractivity contribution in [3.05, 3.63) is 53.5 Å². The number of benzene rings is 1. The number of carbonyl (C=O) groups excluding carboxylic acids is 2. The zero-order chi connectivity index (χ0) is 22.0. The minimum atomic E-state index is -0.684. The number of amides is 2. The summed E-state index contributed by atoms with van der Waals surface area (Å²) in [4.78, 5) is 37.5. The summed E-state index contributed by atoms with van der Waals surface area (Å²) >= 11 is 0. The highest BCUT2D eigenvalue weighted by atomic mass is 19.1. The number of hydroxylamine groups is 2. The van der Waals surface area contributed by atoms with Gasteiger partial charge in [0.05, 0.1) is 19.3 Å². The van der Waals surface area contributed by atoms with Crippen LogP contribution in [0, 0.1) is 23.5 Å². The van der Waals surface area contributed by atoms with Crippen LogP contribution in [0.2, 0.25) is 0 Å². The molecular formula is C21H22F2N4O4. The fourth-order valence-electron chi connectivity index (χ4n) is 4.14. The van der Waals surface area contributed by atoms with Gasteiger partial charge in [0.2, 0.25) is 11.8 Å². The average Bonchev–Trinajstić information content (AvgIpc) is 3.41. The maximum Gasteiger partial charge on any atom is 0.267 e. The van der Waals surface area contributed by atoms with E-state index in [1.165, 1.54) is 29.6 Å². The molecule has 2 heterocycles. The molecule has 0 bridgehead atoms. The number of nitrogens with zero attached hydrogens (tertiary/aromatic N) is 3. The molecule has 1 aliphatic heterocycles. The minimum absolute atomic E-state index is 0.0653. The molecule has 2 N–H and O–H groups in total. The van der Waals surface area contributed by atoms with Gasteiger partial charge in [-0.1, -0.05) is 0 Å². The van der Waals surface area contributed by atoms with E-state index in [4.69, 9.17) is 15.3 Å². The third-order valence-electron chi connectivity index (χ3n) is 5.64. The standard InChI is InChI=1S/C21H22F2N4O4/c22-15-6-14(7-16(23)8-15)18-3-4-31-27(18)21(29)13-2-1-12(5-13)10-30-19-9-17(20(24)28)25-11-26-19/h6-9,11-13,18H,1-5,10H2,(H2,24,28)/t12-,13+,18-/m0/s1. The van der Waals surface area contributed by atoms with E-state index in [9.17, 15) is 18.4 Å². The van der Waals surface area contributed by atoms with E-state index in [-0.39, 0.29) is 29.3 Å². The number of aromatic nitrogens is 2. The number of primary amides is 1. The first kappa shape index (κ1) is 21.1. The van der Waals surface area contributed by atoms with Crippen molar-refractivity contribution in [3.8, 4) is 5.88 Å². The third kappa shape index (κ3) is 4.79. The van der Waals surface area contributed by atoms with Crippen LogP contribution in [0.3, 0.4) is 0 Å². The van der Waals surface area contributed by atoms with Crippen molar-refractivity contribution in [1.82, 2.24) is 15.0 Å². The van der Waals surface area contributed by atoms with E-state index in [0.717, 1.165) is 12.5 Å². The van der Waals surface area contributed by atoms with E-state index >= 15 is 0 Å². The van der Waals surface area contributed by atoms with Gasteiger partial charge in [-0.2, -0.15) is 0 Å². The van der Waals surface area contributed by atoms with Crippen LogP contribution in [0.4, 0.5) is 8.78 Å². The Morgan fingerprint density at radius 2 is 1.90 bits per heavy atom. The lowest BCUT2D eigenvalue weighted by molar-refractivity contribution is -0.181. The molecular weight excluding hydrogens is 410 g/mol. The van der Waals surface area contributed by atoms with Gasteiger partial charge in [0.1, 0.15) is 23.7 Å². The van der Waals surface area contributed by atoms with E-state index < -0.39 is 23.6 Å². The normalized spacial score (nSPS) is 23.2. The van der Waals surface area contributed by atoms with Crippen molar-refractivity contribution in [2.75, 3.05) is 13.2 Å². The SMILES string of the molecule is NC(=O)c1cc(OC[C@H]2CC[C@@H](C(=O)N3OCC[C@H]3c3cc(F)cc(F)c3)C2)ncn1. The number of halogens is 2. The van der Waals surface area contributed by atoms with Crippen LogP contribution in [0.1, 0.15) is 47.8 Å². The lowest BCUT2D eigenvalue weighted by Gasteiger charge is -2.25. The van der Waals surface area contributed by atoms with Crippen molar-refractivity contribution in [1.29, 1.82) is 0 Å². The van der Waals surface area contributed by atoms with Gasteiger partial charge in [-0.25, -0.2) is 23.8 Å². The van der Waals surface area contributed by atoms with Crippen molar-refractivity contribution in [2.45, 2.75) is 31.7 Å². The molecule has 2 aromatic rings. The van der Waals surface area contributed by atoms with Crippen molar-refractivity contribution < 1.29 is 27.9 Å². The maximum atomic E-state index is 13.6. The van der Waals surface area contributed by atoms with Gasteiger partial charge in [-0.3, -0.25) is 14.4 Å². The number of nitrogens with two attached hydrogens (primary N) is 1. The molecule has 10 heteroatoms. The Kier molecular flexibility index (Phi) is 6.08. The highest BCUT2D eigenvalue weighted by Crippen LogP contribution is 2.38. The predicted molar refractivity (Wildman–Crippen MR) is 103 cm³/mol. The first-order valence-electron chi connectivity index (χ1n) is 10.1. The summed E-state index contributed by atoms with van der Waals surface area (Å²) in [5, 5.41) is 1.27. The molecule has 31 heavy (non-hydrogen) atoms. The molecule has 2 aliphatic rings. The summed E-state index contributed by atoms with van der Waals surface area (Å²) < 4.78 is 32.9. The molecule has 2 amide bonds. The van der Waals surface area contributed by atoms with E-state index in [0.29, 0.717) is 38.0 Å². The Hall–Kier alpha value is -3.14. The number of ether oxygens (including phenoxy) is 1. The molecule has 0 spiro atoms. The van der Waals surface area contributed by atoms with Crippen LogP contribution in [-0.4, -0.2) is 40.1 Å². The molecule has 1 saturated heterocycles. The van der Waals surface area contributed by atoms with Crippen LogP contribution in [0.5, 0.6) is 5.88 Å². The third-order valence-corrected chi connectivity index (χ3v) is 5.64. The molecule has 0 unspecified atom stereocenters. The van der Waals surface area contributed by atoms with Gasteiger partial charge in [-0.15, -0.1) is 0 Å². The highest BCUT2D eigenvalue weighted by molar-refractivity contribution is 5.90. The number of hydrogen-bond acceptors (Lipinski definition) is 6. The van der Waals surface area contributed by atoms with Gasteiger partial charge in [-0.05, 0) is 42.9 Å². The molecule has 3 atom stereocenters. The Labute approximate surface area is 177 Å². The largest absolute Gasteiger partial charge is 0.477 e. The predicted octanol–water partition coefficient (Wildman–Crippen LogP) is 2.55. The number of hydrogen-bond donors (Lipinski definition) is 1. The monoisotopic (exact) mass is 432 g/mol. The second-order valence-corrected chi connectivity index (χ2v) is 7.80. The molecule has 4 rings (SSSR count). The van der Waals surface area contributed by atoms with Crippen LogP contribution in [0.25, 0.3) is 0 Å². The molecule has 0 radical (unpaired) electrons. The zero-order valence-corrected chi connectivity index (χ0v) is 16.7. The minimum Gasteiger partial charge on any atom is -0.477 e. The molecule has 1 aromatic heterocycles. The van der Waals surface area contributed by atoms with Crippen LogP contribution < -0.4 is 10.5 Å². The second-order valence-electron chi connectivity index (χ2n) is 7.80. The maximum absolute atomic E-state index is 13.6. The van der Waals surface area contributed by atoms with Gasteiger partial charge < -0.3 is 10.5 Å². The van der Waals surface area contributed by atoms with Crippen molar-refractivity contribution in [3.63, 3.8) is 0 Å². The topological polar surface area (TPSA) is 108 Å². The highest BCUT2D eigenvalue weighted by Gasteiger charge is 2.39. The summed E-state index contributed by atoms with van der Waals surface area (Å²) in [6.45, 7) is 0.641. The van der Waals surface area contributed by atoms with Gasteiger partial charge in [0, 0.05) is 24.5 Å². The number of carbonyl (C=O) groups is 2. The Morgan fingerprint density at radius 3 is 2.65 bits per heavy atom. The average molecular weight is 432 g/mol. The summed E-state index contributed by atoms with van der Waals surface area (Å²) in [7, 11) is 0. The zero-order valence-electron chi connectivity index (χ0n) is 16.7. The van der Waals surface area contributed by atoms with Crippen LogP contribution in [-0.2, 0) is 9.63 Å². The summed E-state index contributed by atoms with van der Waals surface area (Å²) in [6, 6.07) is 4.13. The molecule has 2 fully saturated rings. The van der Waals surface area contributed by atoms with E-state index in [2.05, 4.69) is 9.97 Å². The first-order valence-corrected chi connectivity index (χ1v) is 10.1. The lowest BCUT2D eigenvalue weighted by atomic mass is 10.0. The molecule has 1 aliphatic carbocycles. The Balaban J connectivity index is 1.35. The molecule has 8 nitrogen and oxygen atoms in total. The van der Waals surface area contributed by atoms with Gasteiger partial charge in [0.25, 0.3) is 5.91 Å². The van der Waals surface area contributed by atoms with Crippen LogP contribution in [0.15, 0.2) is 30.6 Å². The van der Waals surface area contributed by atoms with Crippen LogP contribution >= 0.6 is 0 Å². The second kappa shape index (κ2) is 8.93. The number of rotatable bonds is 6. The Morgan fingerprint density at radius 1 is 1.13 bits per heavy atom. The summed E-state index contributed by atoms with van der Waals surface area (Å²) in [5.41, 5.74) is 5.65. The summed E-state index contributed by atoms with van der Waals surface area (Å²) in [5.74, 6) is -2.12. The molecule has 1 aromatic carbocycles. The van der Waals surface area contributed by atoms with Crippen molar-refractivity contribution in [2.24, 2.45) is 17.6 Å². The Bertz CT molecular complexity index is 969. The fourth-order valence-corrected chi connectivity index (χ4v) is 4.14. The van der Waals surface area contributed by atoms with Gasteiger partial charge >= 0.3 is 0 Å². The quantitative estimate of drug-likeness (QED) is 0.752. The smallest absolute Gasteiger partial charge is 0.267 e. The lowest BCUT2D eigenvalue weighted by Crippen LogP contribution is -2.34. The first-order chi connectivity index (χ1) is 14.9. The van der Waals surface area contributed by atoms with E-state index in [1.807, 2.05) is 0 Å². The summed E-state index contributed by atoms with van der Waals surface area (Å²) in [6.07, 6.45) is 3.71.